The zero-order valence-electron chi connectivity index (χ0n) is 16.9. The van der Waals surface area contributed by atoms with E-state index in [9.17, 15) is 14.7 Å². The van der Waals surface area contributed by atoms with E-state index in [4.69, 9.17) is 9.47 Å². The molecule has 31 heavy (non-hydrogen) atoms. The van der Waals surface area contributed by atoms with E-state index in [1.54, 1.807) is 31.2 Å². The van der Waals surface area contributed by atoms with Gasteiger partial charge in [-0.1, -0.05) is 72.8 Å². The normalized spacial score (nSPS) is 10.6. The lowest BCUT2D eigenvalue weighted by atomic mass is 9.89. The minimum absolute atomic E-state index is 0.194. The van der Waals surface area contributed by atoms with Gasteiger partial charge in [0.15, 0.2) is 0 Å². The van der Waals surface area contributed by atoms with Gasteiger partial charge in [0.1, 0.15) is 5.75 Å². The SMILES string of the molecule is CCOC(=O)c1ccccc1-c1cccc(OC(=O)O)c1-c1cccc2ccccc12. The molecule has 0 heterocycles. The van der Waals surface area contributed by atoms with Crippen molar-refractivity contribution < 1.29 is 24.2 Å². The monoisotopic (exact) mass is 412 g/mol. The highest BCUT2D eigenvalue weighted by atomic mass is 16.7. The predicted octanol–water partition coefficient (Wildman–Crippen LogP) is 6.41. The van der Waals surface area contributed by atoms with Crippen LogP contribution in [0.1, 0.15) is 17.3 Å². The summed E-state index contributed by atoms with van der Waals surface area (Å²) in [4.78, 5) is 24.0. The van der Waals surface area contributed by atoms with E-state index in [2.05, 4.69) is 0 Å². The summed E-state index contributed by atoms with van der Waals surface area (Å²) in [6, 6.07) is 26.0. The van der Waals surface area contributed by atoms with Crippen molar-refractivity contribution in [1.29, 1.82) is 0 Å². The molecule has 0 saturated carbocycles. The lowest BCUT2D eigenvalue weighted by molar-refractivity contribution is 0.0527. The van der Waals surface area contributed by atoms with Crippen LogP contribution < -0.4 is 4.74 Å². The molecule has 0 saturated heterocycles. The van der Waals surface area contributed by atoms with E-state index in [0.29, 0.717) is 22.3 Å². The Hall–Kier alpha value is -4.12. The van der Waals surface area contributed by atoms with Crippen LogP contribution in [-0.2, 0) is 4.74 Å². The van der Waals surface area contributed by atoms with E-state index in [0.717, 1.165) is 16.3 Å². The topological polar surface area (TPSA) is 72.8 Å². The predicted molar refractivity (Wildman–Crippen MR) is 119 cm³/mol. The van der Waals surface area contributed by atoms with Crippen molar-refractivity contribution in [2.75, 3.05) is 6.61 Å². The molecule has 154 valence electrons. The first-order chi connectivity index (χ1) is 15.1. The van der Waals surface area contributed by atoms with Crippen LogP contribution in [0.15, 0.2) is 84.9 Å². The summed E-state index contributed by atoms with van der Waals surface area (Å²) < 4.78 is 10.4. The maximum atomic E-state index is 12.6. The smallest absolute Gasteiger partial charge is 0.462 e. The maximum absolute atomic E-state index is 12.6. The molecule has 0 spiro atoms. The maximum Gasteiger partial charge on any atom is 0.511 e. The molecule has 0 fully saturated rings. The molecule has 0 aromatic heterocycles. The number of fused-ring (bicyclic) bond motifs is 1. The van der Waals surface area contributed by atoms with Crippen molar-refractivity contribution in [3.8, 4) is 28.0 Å². The van der Waals surface area contributed by atoms with Gasteiger partial charge in [0.2, 0.25) is 0 Å². The van der Waals surface area contributed by atoms with Crippen LogP contribution >= 0.6 is 0 Å². The third-order valence-electron chi connectivity index (χ3n) is 5.00. The first-order valence-corrected chi connectivity index (χ1v) is 9.88. The third kappa shape index (κ3) is 3.98. The highest BCUT2D eigenvalue weighted by molar-refractivity contribution is 6.05. The van der Waals surface area contributed by atoms with E-state index in [1.807, 2.05) is 60.7 Å². The Labute approximate surface area is 179 Å². The van der Waals surface area contributed by atoms with Gasteiger partial charge in [0.25, 0.3) is 0 Å². The molecular weight excluding hydrogens is 392 g/mol. The van der Waals surface area contributed by atoms with Crippen LogP contribution in [0.4, 0.5) is 4.79 Å². The van der Waals surface area contributed by atoms with Gasteiger partial charge in [-0.05, 0) is 46.5 Å². The van der Waals surface area contributed by atoms with Gasteiger partial charge in [-0.3, -0.25) is 0 Å². The molecule has 0 bridgehead atoms. The second kappa shape index (κ2) is 8.71. The standard InChI is InChI=1S/C26H20O5/c1-2-30-25(27)22-13-6-5-12-19(22)21-15-8-16-23(31-26(28)29)24(21)20-14-7-10-17-9-3-4-11-18(17)20/h3-16H,2H2,1H3,(H,28,29). The Morgan fingerprint density at radius 1 is 0.774 bits per heavy atom. The molecule has 4 aromatic carbocycles. The zero-order chi connectivity index (χ0) is 21.8. The Bertz CT molecular complexity index is 1270. The Morgan fingerprint density at radius 3 is 2.23 bits per heavy atom. The van der Waals surface area contributed by atoms with Crippen LogP contribution in [0, 0.1) is 0 Å². The fraction of sp³-hybridized carbons (Fsp3) is 0.0769. The van der Waals surface area contributed by atoms with Crippen LogP contribution in [0.5, 0.6) is 5.75 Å². The van der Waals surface area contributed by atoms with E-state index >= 15 is 0 Å². The van der Waals surface area contributed by atoms with E-state index in [-0.39, 0.29) is 12.4 Å². The Morgan fingerprint density at radius 2 is 1.42 bits per heavy atom. The summed E-state index contributed by atoms with van der Waals surface area (Å²) in [5.74, 6) is -0.244. The highest BCUT2D eigenvalue weighted by Gasteiger charge is 2.21. The molecule has 5 nitrogen and oxygen atoms in total. The Balaban J connectivity index is 2.04. The number of hydrogen-bond donors (Lipinski definition) is 1. The van der Waals surface area contributed by atoms with Crippen molar-refractivity contribution in [1.82, 2.24) is 0 Å². The van der Waals surface area contributed by atoms with Crippen molar-refractivity contribution in [3.05, 3.63) is 90.5 Å². The molecule has 0 aliphatic heterocycles. The van der Waals surface area contributed by atoms with Gasteiger partial charge in [-0.2, -0.15) is 0 Å². The third-order valence-corrected chi connectivity index (χ3v) is 5.00. The molecule has 0 aliphatic carbocycles. The number of rotatable bonds is 5. The molecule has 4 aromatic rings. The van der Waals surface area contributed by atoms with Crippen molar-refractivity contribution in [2.45, 2.75) is 6.92 Å². The van der Waals surface area contributed by atoms with Crippen LogP contribution in [0.2, 0.25) is 0 Å². The van der Waals surface area contributed by atoms with Gasteiger partial charge >= 0.3 is 12.1 Å². The molecule has 4 rings (SSSR count). The first kappa shape index (κ1) is 20.2. The molecule has 0 radical (unpaired) electrons. The molecule has 0 unspecified atom stereocenters. The molecule has 0 aliphatic rings. The number of ether oxygens (including phenoxy) is 2. The quantitative estimate of drug-likeness (QED) is 0.303. The number of esters is 1. The van der Waals surface area contributed by atoms with Gasteiger partial charge in [-0.25, -0.2) is 9.59 Å². The average molecular weight is 412 g/mol. The summed E-state index contributed by atoms with van der Waals surface area (Å²) in [6.45, 7) is 2.01. The number of carboxylic acid groups (broad SMARTS) is 1. The zero-order valence-corrected chi connectivity index (χ0v) is 16.9. The summed E-state index contributed by atoms with van der Waals surface area (Å²) in [6.07, 6.45) is -1.41. The largest absolute Gasteiger partial charge is 0.511 e. The molecule has 5 heteroatoms. The minimum Gasteiger partial charge on any atom is -0.462 e. The first-order valence-electron chi connectivity index (χ1n) is 9.88. The van der Waals surface area contributed by atoms with Crippen LogP contribution in [-0.4, -0.2) is 23.8 Å². The van der Waals surface area contributed by atoms with Gasteiger partial charge in [-0.15, -0.1) is 0 Å². The number of hydrogen-bond acceptors (Lipinski definition) is 4. The molecule has 0 atom stereocenters. The van der Waals surface area contributed by atoms with E-state index in [1.165, 1.54) is 0 Å². The fourth-order valence-corrected chi connectivity index (χ4v) is 3.76. The highest BCUT2D eigenvalue weighted by Crippen LogP contribution is 2.43. The lowest BCUT2D eigenvalue weighted by Gasteiger charge is -2.18. The van der Waals surface area contributed by atoms with E-state index < -0.39 is 12.1 Å². The number of benzene rings is 4. The minimum atomic E-state index is -1.41. The summed E-state index contributed by atoms with van der Waals surface area (Å²) in [5, 5.41) is 11.3. The number of carbonyl (C=O) groups excluding carboxylic acids is 1. The van der Waals surface area contributed by atoms with Gasteiger partial charge in [0, 0.05) is 5.56 Å². The van der Waals surface area contributed by atoms with Crippen molar-refractivity contribution >= 4 is 22.9 Å². The average Bonchev–Trinajstić information content (AvgIpc) is 2.78. The number of carbonyl (C=O) groups is 2. The lowest BCUT2D eigenvalue weighted by Crippen LogP contribution is -2.08. The van der Waals surface area contributed by atoms with Gasteiger partial charge in [0.05, 0.1) is 12.2 Å². The fourth-order valence-electron chi connectivity index (χ4n) is 3.76. The van der Waals surface area contributed by atoms with Crippen LogP contribution in [0.3, 0.4) is 0 Å². The molecular formula is C26H20O5. The molecule has 0 amide bonds. The Kier molecular flexibility index (Phi) is 5.67. The second-order valence-electron chi connectivity index (χ2n) is 6.84. The van der Waals surface area contributed by atoms with Crippen LogP contribution in [0.25, 0.3) is 33.0 Å². The summed E-state index contributed by atoms with van der Waals surface area (Å²) in [5.41, 5.74) is 3.12. The summed E-state index contributed by atoms with van der Waals surface area (Å²) in [7, 11) is 0. The molecule has 1 N–H and O–H groups in total. The van der Waals surface area contributed by atoms with Crippen molar-refractivity contribution in [3.63, 3.8) is 0 Å². The second-order valence-corrected chi connectivity index (χ2v) is 6.84. The summed E-state index contributed by atoms with van der Waals surface area (Å²) >= 11 is 0. The van der Waals surface area contributed by atoms with Crippen molar-refractivity contribution in [2.24, 2.45) is 0 Å². The van der Waals surface area contributed by atoms with Gasteiger partial charge < -0.3 is 14.6 Å².